The van der Waals surface area contributed by atoms with Crippen LogP contribution in [-0.2, 0) is 9.63 Å². The van der Waals surface area contributed by atoms with E-state index in [1.807, 2.05) is 0 Å². The van der Waals surface area contributed by atoms with Gasteiger partial charge in [0, 0.05) is 12.6 Å². The van der Waals surface area contributed by atoms with Gasteiger partial charge in [0.2, 0.25) is 0 Å². The number of rotatable bonds is 4. The lowest BCUT2D eigenvalue weighted by atomic mass is 10.1. The number of hydroxylamine groups is 2. The third-order valence-electron chi connectivity index (χ3n) is 1.81. The van der Waals surface area contributed by atoms with Crippen LogP contribution in [-0.4, -0.2) is 30.8 Å². The molecule has 0 radical (unpaired) electrons. The van der Waals surface area contributed by atoms with Crippen LogP contribution in [0.1, 0.15) is 20.7 Å². The van der Waals surface area contributed by atoms with Crippen molar-refractivity contribution in [2.45, 2.75) is 0 Å². The molecule has 5 heteroatoms. The largest absolute Gasteiger partial charge is 0.342 e. The molecule has 0 saturated carbocycles. The highest BCUT2D eigenvalue weighted by Crippen LogP contribution is 2.08. The molecule has 15 heavy (non-hydrogen) atoms. The van der Waals surface area contributed by atoms with Gasteiger partial charge in [-0.05, 0) is 6.07 Å². The van der Waals surface area contributed by atoms with Gasteiger partial charge >= 0.3 is 6.47 Å². The molecule has 0 fully saturated rings. The van der Waals surface area contributed by atoms with Crippen molar-refractivity contribution in [1.82, 2.24) is 5.06 Å². The molecule has 0 heterocycles. The Kier molecular flexibility index (Phi) is 3.56. The predicted octanol–water partition coefficient (Wildman–Crippen LogP) is 0.659. The summed E-state index contributed by atoms with van der Waals surface area (Å²) >= 11 is 0. The molecular formula is C10H9NO4. The lowest BCUT2D eigenvalue weighted by Gasteiger charge is -2.13. The number of hydrogen-bond donors (Lipinski definition) is 0. The molecular weight excluding hydrogens is 198 g/mol. The molecule has 0 spiro atoms. The fourth-order valence-electron chi connectivity index (χ4n) is 1.08. The standard InChI is InChI=1S/C10H9NO4/c1-11(15-7-13)10(14)9-5-3-2-4-8(9)6-12/h2-7H,1H3. The summed E-state index contributed by atoms with van der Waals surface area (Å²) < 4.78 is 0. The van der Waals surface area contributed by atoms with Gasteiger partial charge in [-0.1, -0.05) is 18.2 Å². The van der Waals surface area contributed by atoms with Crippen LogP contribution in [0.3, 0.4) is 0 Å². The van der Waals surface area contributed by atoms with Crippen molar-refractivity contribution in [2.24, 2.45) is 0 Å². The number of hydrogen-bond acceptors (Lipinski definition) is 4. The van der Waals surface area contributed by atoms with Gasteiger partial charge in [-0.2, -0.15) is 5.06 Å². The first-order valence-corrected chi connectivity index (χ1v) is 4.13. The van der Waals surface area contributed by atoms with Gasteiger partial charge in [0.1, 0.15) is 0 Å². The second-order valence-corrected chi connectivity index (χ2v) is 2.71. The number of carbonyl (C=O) groups excluding carboxylic acids is 3. The first-order chi connectivity index (χ1) is 7.20. The Balaban J connectivity index is 2.99. The number of nitrogens with zero attached hydrogens (tertiary/aromatic N) is 1. The van der Waals surface area contributed by atoms with Crippen LogP contribution < -0.4 is 0 Å². The molecule has 1 aromatic carbocycles. The fourth-order valence-corrected chi connectivity index (χ4v) is 1.08. The zero-order valence-electron chi connectivity index (χ0n) is 8.04. The Morgan fingerprint density at radius 1 is 1.33 bits per heavy atom. The van der Waals surface area contributed by atoms with Crippen LogP contribution in [0.15, 0.2) is 24.3 Å². The van der Waals surface area contributed by atoms with Gasteiger partial charge in [-0.25, -0.2) is 0 Å². The molecule has 0 aromatic heterocycles. The SMILES string of the molecule is CN(OC=O)C(=O)c1ccccc1C=O. The van der Waals surface area contributed by atoms with Crippen molar-refractivity contribution < 1.29 is 19.2 Å². The van der Waals surface area contributed by atoms with E-state index >= 15 is 0 Å². The molecule has 0 unspecified atom stereocenters. The average Bonchev–Trinajstić information content (AvgIpc) is 2.28. The van der Waals surface area contributed by atoms with Crippen molar-refractivity contribution in [3.8, 4) is 0 Å². The van der Waals surface area contributed by atoms with Crippen molar-refractivity contribution in [2.75, 3.05) is 7.05 Å². The Morgan fingerprint density at radius 3 is 2.60 bits per heavy atom. The normalized spacial score (nSPS) is 9.13. The van der Waals surface area contributed by atoms with E-state index in [2.05, 4.69) is 4.84 Å². The van der Waals surface area contributed by atoms with Crippen LogP contribution in [0, 0.1) is 0 Å². The summed E-state index contributed by atoms with van der Waals surface area (Å²) in [5.41, 5.74) is 0.445. The van der Waals surface area contributed by atoms with Gasteiger partial charge in [0.05, 0.1) is 5.56 Å². The molecule has 1 rings (SSSR count). The molecule has 0 aliphatic heterocycles. The summed E-state index contributed by atoms with van der Waals surface area (Å²) in [7, 11) is 1.29. The van der Waals surface area contributed by atoms with E-state index in [0.717, 1.165) is 5.06 Å². The molecule has 0 aliphatic carbocycles. The maximum Gasteiger partial charge on any atom is 0.320 e. The Labute approximate surface area is 86.2 Å². The van der Waals surface area contributed by atoms with Gasteiger partial charge in [-0.3, -0.25) is 14.4 Å². The third-order valence-corrected chi connectivity index (χ3v) is 1.81. The molecule has 1 amide bonds. The lowest BCUT2D eigenvalue weighted by molar-refractivity contribution is -0.156. The van der Waals surface area contributed by atoms with E-state index in [-0.39, 0.29) is 17.6 Å². The Hall–Kier alpha value is -2.17. The van der Waals surface area contributed by atoms with Gasteiger partial charge in [-0.15, -0.1) is 0 Å². The van der Waals surface area contributed by atoms with E-state index in [0.29, 0.717) is 6.29 Å². The fraction of sp³-hybridized carbons (Fsp3) is 0.100. The lowest BCUT2D eigenvalue weighted by Crippen LogP contribution is -2.27. The van der Waals surface area contributed by atoms with Crippen LogP contribution in [0.2, 0.25) is 0 Å². The topological polar surface area (TPSA) is 63.7 Å². The summed E-state index contributed by atoms with van der Waals surface area (Å²) in [5.74, 6) is -0.551. The zero-order chi connectivity index (χ0) is 11.3. The zero-order valence-corrected chi connectivity index (χ0v) is 8.04. The second-order valence-electron chi connectivity index (χ2n) is 2.71. The van der Waals surface area contributed by atoms with Crippen LogP contribution in [0.5, 0.6) is 0 Å². The van der Waals surface area contributed by atoms with Gasteiger partial charge in [0.15, 0.2) is 6.29 Å². The van der Waals surface area contributed by atoms with Gasteiger partial charge in [0.25, 0.3) is 5.91 Å². The summed E-state index contributed by atoms with van der Waals surface area (Å²) in [6, 6.07) is 6.25. The first-order valence-electron chi connectivity index (χ1n) is 4.13. The summed E-state index contributed by atoms with van der Waals surface area (Å²) in [4.78, 5) is 36.6. The van der Waals surface area contributed by atoms with Crippen molar-refractivity contribution in [3.63, 3.8) is 0 Å². The second kappa shape index (κ2) is 4.90. The highest BCUT2D eigenvalue weighted by atomic mass is 16.7. The average molecular weight is 207 g/mol. The highest BCUT2D eigenvalue weighted by Gasteiger charge is 2.15. The molecule has 0 atom stereocenters. The summed E-state index contributed by atoms with van der Waals surface area (Å²) in [6.07, 6.45) is 0.571. The third kappa shape index (κ3) is 2.40. The molecule has 0 saturated heterocycles. The first kappa shape index (κ1) is 10.9. The van der Waals surface area contributed by atoms with Crippen LogP contribution in [0.25, 0.3) is 0 Å². The molecule has 1 aromatic rings. The van der Waals surface area contributed by atoms with Crippen LogP contribution >= 0.6 is 0 Å². The number of amides is 1. The summed E-state index contributed by atoms with van der Waals surface area (Å²) in [6.45, 7) is 0.140. The van der Waals surface area contributed by atoms with Crippen molar-refractivity contribution in [3.05, 3.63) is 35.4 Å². The van der Waals surface area contributed by atoms with E-state index in [1.54, 1.807) is 12.1 Å². The molecule has 78 valence electrons. The molecule has 5 nitrogen and oxygen atoms in total. The monoisotopic (exact) mass is 207 g/mol. The quantitative estimate of drug-likeness (QED) is 0.537. The smallest absolute Gasteiger partial charge is 0.320 e. The van der Waals surface area contributed by atoms with Gasteiger partial charge < -0.3 is 4.84 Å². The number of benzene rings is 1. The number of aldehydes is 1. The van der Waals surface area contributed by atoms with E-state index in [4.69, 9.17) is 0 Å². The minimum atomic E-state index is -0.551. The molecule has 0 bridgehead atoms. The van der Waals surface area contributed by atoms with Crippen molar-refractivity contribution >= 4 is 18.7 Å². The van der Waals surface area contributed by atoms with E-state index in [9.17, 15) is 14.4 Å². The predicted molar refractivity (Wildman–Crippen MR) is 51.1 cm³/mol. The minimum absolute atomic E-state index is 0.140. The van der Waals surface area contributed by atoms with Crippen LogP contribution in [0.4, 0.5) is 0 Å². The Morgan fingerprint density at radius 2 is 2.00 bits per heavy atom. The van der Waals surface area contributed by atoms with E-state index in [1.165, 1.54) is 19.2 Å². The molecule has 0 aliphatic rings. The number of carbonyl (C=O) groups is 3. The minimum Gasteiger partial charge on any atom is -0.342 e. The maximum atomic E-state index is 11.6. The summed E-state index contributed by atoms with van der Waals surface area (Å²) in [5, 5.41) is 0.759. The molecule has 0 N–H and O–H groups in total. The Bertz CT molecular complexity index is 389. The maximum absolute atomic E-state index is 11.6. The van der Waals surface area contributed by atoms with Crippen molar-refractivity contribution in [1.29, 1.82) is 0 Å². The van der Waals surface area contributed by atoms with E-state index < -0.39 is 5.91 Å². The highest BCUT2D eigenvalue weighted by molar-refractivity contribution is 6.00.